The van der Waals surface area contributed by atoms with Crippen LogP contribution in [0, 0.1) is 0 Å². The van der Waals surface area contributed by atoms with Gasteiger partial charge in [0.05, 0.1) is 5.88 Å². The van der Waals surface area contributed by atoms with Crippen LogP contribution in [0.15, 0.2) is 0 Å². The van der Waals surface area contributed by atoms with E-state index in [-0.39, 0.29) is 58.7 Å². The van der Waals surface area contributed by atoms with E-state index in [9.17, 15) is 0 Å². The van der Waals surface area contributed by atoms with E-state index in [1.807, 2.05) is 0 Å². The molecular formula is C2H7Cl2KN2. The van der Waals surface area contributed by atoms with E-state index in [0.29, 0.717) is 0 Å². The Kier molecular flexibility index (Phi) is 8.42. The molecule has 0 heterocycles. The summed E-state index contributed by atoms with van der Waals surface area (Å²) in [5, 5.41) is -1.22. The van der Waals surface area contributed by atoms with Crippen molar-refractivity contribution in [3.05, 3.63) is 0 Å². The second-order valence-electron chi connectivity index (χ2n) is 1.06. The number of hydrogen-bond acceptors (Lipinski definition) is 2. The topological polar surface area (TPSA) is 52.0 Å². The molecule has 0 fully saturated rings. The van der Waals surface area contributed by atoms with Gasteiger partial charge in [-0.25, -0.2) is 0 Å². The number of hydrogen-bond donors (Lipinski definition) is 2. The Labute approximate surface area is 96.8 Å². The molecule has 0 aromatic carbocycles. The zero-order chi connectivity index (χ0) is 5.21. The normalized spacial score (nSPS) is 10.3. The van der Waals surface area contributed by atoms with Crippen molar-refractivity contribution in [1.82, 2.24) is 0 Å². The molecule has 0 spiro atoms. The molecule has 0 aromatic rings. The summed E-state index contributed by atoms with van der Waals surface area (Å²) in [6, 6.07) is 0. The predicted octanol–water partition coefficient (Wildman–Crippen LogP) is -2.85. The summed E-state index contributed by atoms with van der Waals surface area (Å²) in [5.41, 5.74) is 9.89. The van der Waals surface area contributed by atoms with Crippen LogP contribution >= 0.6 is 23.2 Å². The third kappa shape index (κ3) is 11.6. The Morgan fingerprint density at radius 3 is 1.71 bits per heavy atom. The van der Waals surface area contributed by atoms with E-state index in [1.54, 1.807) is 0 Å². The smallest absolute Gasteiger partial charge is 1.00 e. The van der Waals surface area contributed by atoms with E-state index < -0.39 is 5.12 Å². The van der Waals surface area contributed by atoms with Crippen LogP contribution in [0.3, 0.4) is 0 Å². The molecule has 5 heteroatoms. The molecule has 0 unspecified atom stereocenters. The Balaban J connectivity index is -0.000000125. The van der Waals surface area contributed by atoms with Crippen molar-refractivity contribution < 1.29 is 52.8 Å². The molecule has 0 aliphatic heterocycles. The third-order valence-corrected chi connectivity index (χ3v) is 0.917. The standard InChI is InChI=1S/C2H6Cl2N2.K.H/c3-1-2(4,5)6;;/h1,5-6H2;;/q;+1;-1. The van der Waals surface area contributed by atoms with E-state index in [1.165, 1.54) is 0 Å². The number of nitrogens with two attached hydrogens (primary N) is 2. The van der Waals surface area contributed by atoms with Crippen molar-refractivity contribution in [2.75, 3.05) is 5.88 Å². The van der Waals surface area contributed by atoms with Gasteiger partial charge < -0.3 is 1.43 Å². The molecule has 0 atom stereocenters. The van der Waals surface area contributed by atoms with Crippen molar-refractivity contribution in [3.8, 4) is 0 Å². The van der Waals surface area contributed by atoms with Crippen molar-refractivity contribution >= 4 is 23.2 Å². The molecule has 0 saturated carbocycles. The Morgan fingerprint density at radius 2 is 1.71 bits per heavy atom. The number of rotatable bonds is 1. The van der Waals surface area contributed by atoms with E-state index in [2.05, 4.69) is 0 Å². The fraction of sp³-hybridized carbons (Fsp3) is 1.00. The molecule has 0 aromatic heterocycles. The summed E-state index contributed by atoms with van der Waals surface area (Å²) in [7, 11) is 0. The van der Waals surface area contributed by atoms with Gasteiger partial charge in [0.1, 0.15) is 0 Å². The third-order valence-electron chi connectivity index (χ3n) is 0.205. The molecule has 4 N–H and O–H groups in total. The largest absolute Gasteiger partial charge is 1.00 e. The van der Waals surface area contributed by atoms with Gasteiger partial charge in [0.2, 0.25) is 0 Å². The molecule has 0 aliphatic rings. The van der Waals surface area contributed by atoms with Gasteiger partial charge in [-0.1, -0.05) is 11.6 Å². The van der Waals surface area contributed by atoms with Crippen LogP contribution in [0.5, 0.6) is 0 Å². The maximum Gasteiger partial charge on any atom is 1.00 e. The van der Waals surface area contributed by atoms with Gasteiger partial charge in [-0.2, -0.15) is 0 Å². The zero-order valence-electron chi connectivity index (χ0n) is 5.12. The first-order chi connectivity index (χ1) is 2.56. The molecule has 7 heavy (non-hydrogen) atoms. The molecule has 40 valence electrons. The van der Waals surface area contributed by atoms with Gasteiger partial charge in [0.25, 0.3) is 0 Å². The SMILES string of the molecule is NC(N)(Cl)CCl.[H-].[K+]. The second-order valence-corrected chi connectivity index (χ2v) is 2.03. The van der Waals surface area contributed by atoms with E-state index in [0.717, 1.165) is 0 Å². The number of alkyl halides is 2. The molecule has 0 bridgehead atoms. The summed E-state index contributed by atoms with van der Waals surface area (Å²) in [6.07, 6.45) is 0. The van der Waals surface area contributed by atoms with E-state index in [4.69, 9.17) is 34.7 Å². The monoisotopic (exact) mass is 168 g/mol. The summed E-state index contributed by atoms with van der Waals surface area (Å²) in [6.45, 7) is 0. The Hall–Kier alpha value is 2.14. The van der Waals surface area contributed by atoms with Gasteiger partial charge in [-0.15, -0.1) is 11.6 Å². The van der Waals surface area contributed by atoms with Crippen molar-refractivity contribution in [2.45, 2.75) is 5.12 Å². The molecule has 0 rings (SSSR count). The minimum atomic E-state index is -1.22. The van der Waals surface area contributed by atoms with Crippen molar-refractivity contribution in [2.24, 2.45) is 11.5 Å². The number of halogens is 2. The minimum absolute atomic E-state index is 0. The summed E-state index contributed by atoms with van der Waals surface area (Å²) >= 11 is 10.2. The Morgan fingerprint density at radius 1 is 1.57 bits per heavy atom. The molecular weight excluding hydrogens is 162 g/mol. The van der Waals surface area contributed by atoms with Gasteiger partial charge in [-0.3, -0.25) is 11.5 Å². The fourth-order valence-corrected chi connectivity index (χ4v) is 0. The Bertz CT molecular complexity index is 47.8. The zero-order valence-corrected chi connectivity index (χ0v) is 8.75. The minimum Gasteiger partial charge on any atom is -1.00 e. The van der Waals surface area contributed by atoms with Gasteiger partial charge in [0, 0.05) is 0 Å². The van der Waals surface area contributed by atoms with Crippen LogP contribution in [-0.2, 0) is 0 Å². The maximum atomic E-state index is 5.14. The first-order valence-corrected chi connectivity index (χ1v) is 2.30. The van der Waals surface area contributed by atoms with Crippen LogP contribution in [0.1, 0.15) is 1.43 Å². The second kappa shape index (κ2) is 4.96. The maximum absolute atomic E-state index is 5.14. The molecule has 2 nitrogen and oxygen atoms in total. The van der Waals surface area contributed by atoms with Crippen LogP contribution in [-0.4, -0.2) is 11.0 Å². The molecule has 0 aliphatic carbocycles. The summed E-state index contributed by atoms with van der Waals surface area (Å²) in [4.78, 5) is 0. The van der Waals surface area contributed by atoms with Crippen molar-refractivity contribution in [3.63, 3.8) is 0 Å². The van der Waals surface area contributed by atoms with Crippen LogP contribution < -0.4 is 62.9 Å². The molecule has 0 saturated heterocycles. The average molecular weight is 169 g/mol. The van der Waals surface area contributed by atoms with Crippen LogP contribution in [0.2, 0.25) is 0 Å². The summed E-state index contributed by atoms with van der Waals surface area (Å²) in [5.74, 6) is 0.0640. The van der Waals surface area contributed by atoms with Gasteiger partial charge in [0.15, 0.2) is 5.12 Å². The van der Waals surface area contributed by atoms with Gasteiger partial charge in [-0.05, 0) is 0 Å². The predicted molar refractivity (Wildman–Crippen MR) is 28.8 cm³/mol. The van der Waals surface area contributed by atoms with Crippen LogP contribution in [0.25, 0.3) is 0 Å². The van der Waals surface area contributed by atoms with E-state index >= 15 is 0 Å². The first-order valence-electron chi connectivity index (χ1n) is 1.39. The van der Waals surface area contributed by atoms with Crippen molar-refractivity contribution in [1.29, 1.82) is 0 Å². The molecule has 0 amide bonds. The summed E-state index contributed by atoms with van der Waals surface area (Å²) < 4.78 is 0. The first kappa shape index (κ1) is 11.9. The van der Waals surface area contributed by atoms with Gasteiger partial charge >= 0.3 is 51.4 Å². The van der Waals surface area contributed by atoms with Crippen LogP contribution in [0.4, 0.5) is 0 Å². The molecule has 0 radical (unpaired) electrons. The average Bonchev–Trinajstić information content (AvgIpc) is 1.35. The fourth-order valence-electron chi connectivity index (χ4n) is 0. The quantitative estimate of drug-likeness (QED) is 0.192.